The molecule has 0 unspecified atom stereocenters. The van der Waals surface area contributed by atoms with Crippen molar-refractivity contribution in [3.05, 3.63) is 89.0 Å². The highest BCUT2D eigenvalue weighted by Crippen LogP contribution is 2.29. The molecule has 1 saturated heterocycles. The number of nitrogens with one attached hydrogen (secondary N) is 1. The average Bonchev–Trinajstić information content (AvgIpc) is 2.81. The van der Waals surface area contributed by atoms with Crippen LogP contribution in [0.3, 0.4) is 0 Å². The number of para-hydroxylation sites is 3. The van der Waals surface area contributed by atoms with Crippen LogP contribution in [0.5, 0.6) is 11.5 Å². The Labute approximate surface area is 186 Å². The average molecular weight is 432 g/mol. The molecule has 1 fully saturated rings. The summed E-state index contributed by atoms with van der Waals surface area (Å²) < 4.78 is 5.91. The Balaban J connectivity index is 1.31. The summed E-state index contributed by atoms with van der Waals surface area (Å²) >= 11 is 0. The van der Waals surface area contributed by atoms with Gasteiger partial charge in [0.2, 0.25) is 5.91 Å². The van der Waals surface area contributed by atoms with Gasteiger partial charge in [0.05, 0.1) is 17.2 Å². The van der Waals surface area contributed by atoms with Crippen molar-refractivity contribution in [3.8, 4) is 11.5 Å². The molecular weight excluding hydrogens is 408 g/mol. The molecule has 1 aliphatic heterocycles. The monoisotopic (exact) mass is 432 g/mol. The zero-order valence-electron chi connectivity index (χ0n) is 17.5. The van der Waals surface area contributed by atoms with Gasteiger partial charge in [-0.25, -0.2) is 0 Å². The minimum absolute atomic E-state index is 0.0840. The van der Waals surface area contributed by atoms with E-state index in [4.69, 9.17) is 4.74 Å². The Hall–Kier alpha value is -3.91. The number of anilines is 2. The number of piperazine rings is 1. The first-order valence-corrected chi connectivity index (χ1v) is 10.4. The van der Waals surface area contributed by atoms with Crippen LogP contribution in [0.4, 0.5) is 17.1 Å². The fourth-order valence-corrected chi connectivity index (χ4v) is 3.63. The van der Waals surface area contributed by atoms with Gasteiger partial charge < -0.3 is 15.0 Å². The van der Waals surface area contributed by atoms with Gasteiger partial charge in [0, 0.05) is 44.0 Å². The summed E-state index contributed by atoms with van der Waals surface area (Å²) in [5, 5.41) is 14.0. The van der Waals surface area contributed by atoms with Crippen molar-refractivity contribution in [2.75, 3.05) is 42.9 Å². The molecule has 1 amide bonds. The molecule has 0 atom stereocenters. The number of rotatable bonds is 7. The van der Waals surface area contributed by atoms with Crippen molar-refractivity contribution in [1.29, 1.82) is 0 Å². The third-order valence-corrected chi connectivity index (χ3v) is 5.28. The minimum atomic E-state index is -0.385. The molecule has 3 aromatic carbocycles. The minimum Gasteiger partial charge on any atom is -0.455 e. The van der Waals surface area contributed by atoms with E-state index < -0.39 is 0 Å². The second-order valence-electron chi connectivity index (χ2n) is 7.50. The molecule has 8 nitrogen and oxygen atoms in total. The number of non-ortho nitro benzene ring substituents is 1. The van der Waals surface area contributed by atoms with Gasteiger partial charge in [0.15, 0.2) is 5.75 Å². The van der Waals surface area contributed by atoms with Crippen molar-refractivity contribution in [1.82, 2.24) is 4.90 Å². The topological polar surface area (TPSA) is 88.0 Å². The number of hydrogen-bond donors (Lipinski definition) is 1. The summed E-state index contributed by atoms with van der Waals surface area (Å²) in [6.07, 6.45) is 0. The van der Waals surface area contributed by atoms with Gasteiger partial charge in [0.1, 0.15) is 5.75 Å². The predicted molar refractivity (Wildman–Crippen MR) is 123 cm³/mol. The maximum atomic E-state index is 12.7. The van der Waals surface area contributed by atoms with Crippen LogP contribution in [-0.2, 0) is 4.79 Å². The lowest BCUT2D eigenvalue weighted by atomic mass is 10.2. The molecule has 164 valence electrons. The second kappa shape index (κ2) is 9.93. The summed E-state index contributed by atoms with van der Waals surface area (Å²) in [6, 6.07) is 23.4. The number of benzene rings is 3. The number of nitro groups is 1. The first-order chi connectivity index (χ1) is 15.6. The largest absolute Gasteiger partial charge is 0.455 e. The zero-order valence-corrected chi connectivity index (χ0v) is 17.5. The fraction of sp³-hybridized carbons (Fsp3) is 0.208. The predicted octanol–water partition coefficient (Wildman–Crippen LogP) is 4.15. The molecule has 0 radical (unpaired) electrons. The number of amides is 1. The van der Waals surface area contributed by atoms with Crippen molar-refractivity contribution in [2.45, 2.75) is 0 Å². The van der Waals surface area contributed by atoms with Crippen LogP contribution in [0.15, 0.2) is 78.9 Å². The molecule has 0 spiro atoms. The quantitative estimate of drug-likeness (QED) is 0.446. The number of nitrogens with zero attached hydrogens (tertiary/aromatic N) is 3. The van der Waals surface area contributed by atoms with E-state index in [2.05, 4.69) is 15.1 Å². The van der Waals surface area contributed by atoms with Crippen LogP contribution < -0.4 is 15.0 Å². The number of hydrogen-bond acceptors (Lipinski definition) is 6. The van der Waals surface area contributed by atoms with Crippen LogP contribution >= 0.6 is 0 Å². The van der Waals surface area contributed by atoms with Gasteiger partial charge in [0.25, 0.3) is 5.69 Å². The van der Waals surface area contributed by atoms with Gasteiger partial charge >= 0.3 is 0 Å². The maximum Gasteiger partial charge on any atom is 0.271 e. The van der Waals surface area contributed by atoms with Crippen LogP contribution in [0.25, 0.3) is 0 Å². The summed E-state index contributed by atoms with van der Waals surface area (Å²) in [5.41, 5.74) is 1.53. The van der Waals surface area contributed by atoms with Gasteiger partial charge in [-0.1, -0.05) is 36.4 Å². The Morgan fingerprint density at radius 2 is 1.66 bits per heavy atom. The van der Waals surface area contributed by atoms with Crippen molar-refractivity contribution < 1.29 is 14.5 Å². The first kappa shape index (κ1) is 21.3. The van der Waals surface area contributed by atoms with Gasteiger partial charge in [-0.3, -0.25) is 19.8 Å². The molecule has 1 heterocycles. The lowest BCUT2D eigenvalue weighted by Crippen LogP contribution is -2.48. The molecule has 8 heteroatoms. The van der Waals surface area contributed by atoms with E-state index in [0.29, 0.717) is 43.4 Å². The fourth-order valence-electron chi connectivity index (χ4n) is 3.63. The molecule has 4 rings (SSSR count). The highest BCUT2D eigenvalue weighted by Gasteiger charge is 2.21. The van der Waals surface area contributed by atoms with Crippen LogP contribution in [0.1, 0.15) is 0 Å². The van der Waals surface area contributed by atoms with Crippen molar-refractivity contribution >= 4 is 23.0 Å². The first-order valence-electron chi connectivity index (χ1n) is 10.4. The van der Waals surface area contributed by atoms with Crippen molar-refractivity contribution in [3.63, 3.8) is 0 Å². The van der Waals surface area contributed by atoms with Crippen LogP contribution in [0.2, 0.25) is 0 Å². The van der Waals surface area contributed by atoms with E-state index in [0.717, 1.165) is 5.69 Å². The van der Waals surface area contributed by atoms with E-state index in [9.17, 15) is 14.9 Å². The summed E-state index contributed by atoms with van der Waals surface area (Å²) in [6.45, 7) is 3.04. The van der Waals surface area contributed by atoms with Crippen molar-refractivity contribution in [2.24, 2.45) is 0 Å². The highest BCUT2D eigenvalue weighted by molar-refractivity contribution is 5.93. The van der Waals surface area contributed by atoms with Crippen LogP contribution in [-0.4, -0.2) is 48.5 Å². The lowest BCUT2D eigenvalue weighted by Gasteiger charge is -2.35. The summed E-state index contributed by atoms with van der Waals surface area (Å²) in [5.74, 6) is 1.17. The Kier molecular flexibility index (Phi) is 6.62. The van der Waals surface area contributed by atoms with E-state index in [-0.39, 0.29) is 23.1 Å². The normalized spacial score (nSPS) is 14.1. The van der Waals surface area contributed by atoms with Crippen LogP contribution in [0, 0.1) is 10.1 Å². The zero-order chi connectivity index (χ0) is 22.3. The number of carbonyl (C=O) groups excluding carboxylic acids is 1. The second-order valence-corrected chi connectivity index (χ2v) is 7.50. The number of ether oxygens (including phenoxy) is 1. The van der Waals surface area contributed by atoms with Gasteiger partial charge in [-0.2, -0.15) is 0 Å². The highest BCUT2D eigenvalue weighted by atomic mass is 16.6. The number of carbonyl (C=O) groups is 1. The third-order valence-electron chi connectivity index (χ3n) is 5.28. The summed E-state index contributed by atoms with van der Waals surface area (Å²) in [7, 11) is 0. The Morgan fingerprint density at radius 1 is 0.938 bits per heavy atom. The molecule has 0 aliphatic carbocycles. The SMILES string of the molecule is O=C(CN1CCN(c2cccc([N+](=O)[O-])c2)CC1)Nc1ccccc1Oc1ccccc1. The molecule has 32 heavy (non-hydrogen) atoms. The summed E-state index contributed by atoms with van der Waals surface area (Å²) in [4.78, 5) is 27.5. The molecule has 1 aliphatic rings. The third kappa shape index (κ3) is 5.41. The molecule has 0 aromatic heterocycles. The Morgan fingerprint density at radius 3 is 2.41 bits per heavy atom. The van der Waals surface area contributed by atoms with E-state index in [1.54, 1.807) is 12.1 Å². The molecule has 3 aromatic rings. The molecule has 0 bridgehead atoms. The molecule has 0 saturated carbocycles. The van der Waals surface area contributed by atoms with E-state index >= 15 is 0 Å². The van der Waals surface area contributed by atoms with E-state index in [1.165, 1.54) is 6.07 Å². The van der Waals surface area contributed by atoms with Gasteiger partial charge in [-0.05, 0) is 30.3 Å². The standard InChI is InChI=1S/C24H24N4O4/c29-24(25-22-11-4-5-12-23(22)32-21-9-2-1-3-10-21)18-26-13-15-27(16-14-26)19-7-6-8-20(17-19)28(30)31/h1-12,17H,13-16,18H2,(H,25,29). The Bertz CT molecular complexity index is 1080. The number of nitro benzene ring substituents is 1. The van der Waals surface area contributed by atoms with E-state index in [1.807, 2.05) is 60.7 Å². The molecule has 1 N–H and O–H groups in total. The smallest absolute Gasteiger partial charge is 0.271 e. The van der Waals surface area contributed by atoms with Gasteiger partial charge in [-0.15, -0.1) is 0 Å². The molecular formula is C24H24N4O4. The lowest BCUT2D eigenvalue weighted by molar-refractivity contribution is -0.384. The maximum absolute atomic E-state index is 12.7.